The van der Waals surface area contributed by atoms with Crippen LogP contribution < -0.4 is 0 Å². The SMILES string of the molecule is Ic1ccccc1-c1cnn(CC2CC3CCC2C3)c1. The zero-order chi connectivity index (χ0) is 13.5. The highest BCUT2D eigenvalue weighted by molar-refractivity contribution is 14.1. The van der Waals surface area contributed by atoms with E-state index in [4.69, 9.17) is 0 Å². The van der Waals surface area contributed by atoms with Crippen molar-refractivity contribution in [2.75, 3.05) is 0 Å². The molecule has 3 unspecified atom stereocenters. The highest BCUT2D eigenvalue weighted by atomic mass is 127. The van der Waals surface area contributed by atoms with E-state index in [9.17, 15) is 0 Å². The van der Waals surface area contributed by atoms with Gasteiger partial charge in [0.2, 0.25) is 0 Å². The van der Waals surface area contributed by atoms with Crippen molar-refractivity contribution in [3.63, 3.8) is 0 Å². The number of benzene rings is 1. The summed E-state index contributed by atoms with van der Waals surface area (Å²) in [6.07, 6.45) is 10.1. The molecular formula is C17H19IN2. The molecule has 2 fully saturated rings. The lowest BCUT2D eigenvalue weighted by Crippen LogP contribution is -2.17. The Kier molecular flexibility index (Phi) is 3.33. The summed E-state index contributed by atoms with van der Waals surface area (Å²) < 4.78 is 3.47. The van der Waals surface area contributed by atoms with Gasteiger partial charge in [0, 0.05) is 21.9 Å². The number of rotatable bonds is 3. The molecule has 104 valence electrons. The third-order valence-electron chi connectivity index (χ3n) is 5.12. The lowest BCUT2D eigenvalue weighted by molar-refractivity contribution is 0.285. The maximum absolute atomic E-state index is 4.59. The van der Waals surface area contributed by atoms with E-state index in [0.29, 0.717) is 0 Å². The minimum Gasteiger partial charge on any atom is -0.272 e. The third-order valence-corrected chi connectivity index (χ3v) is 6.06. The molecule has 3 atom stereocenters. The molecule has 2 aromatic rings. The molecule has 2 aliphatic carbocycles. The molecule has 0 N–H and O–H groups in total. The minimum atomic E-state index is 0.872. The van der Waals surface area contributed by atoms with E-state index in [1.807, 2.05) is 6.20 Å². The fraction of sp³-hybridized carbons (Fsp3) is 0.471. The molecule has 0 aliphatic heterocycles. The van der Waals surface area contributed by atoms with Gasteiger partial charge in [0.05, 0.1) is 6.20 Å². The predicted molar refractivity (Wildman–Crippen MR) is 89.3 cm³/mol. The van der Waals surface area contributed by atoms with Crippen LogP contribution in [0.5, 0.6) is 0 Å². The van der Waals surface area contributed by atoms with Gasteiger partial charge in [0.25, 0.3) is 0 Å². The first-order valence-electron chi connectivity index (χ1n) is 7.57. The van der Waals surface area contributed by atoms with E-state index >= 15 is 0 Å². The van der Waals surface area contributed by atoms with Gasteiger partial charge in [0.15, 0.2) is 0 Å². The van der Waals surface area contributed by atoms with Gasteiger partial charge in [-0.05, 0) is 71.2 Å². The standard InChI is InChI=1S/C17H19IN2/c18-17-4-2-1-3-16(17)15-9-19-20(11-15)10-14-8-12-5-6-13(14)7-12/h1-4,9,11-14H,5-8,10H2. The molecule has 2 aliphatic rings. The highest BCUT2D eigenvalue weighted by Crippen LogP contribution is 2.48. The smallest absolute Gasteiger partial charge is 0.0568 e. The normalized spacial score (nSPS) is 28.1. The molecule has 0 amide bonds. The van der Waals surface area contributed by atoms with Crippen molar-refractivity contribution in [1.82, 2.24) is 9.78 Å². The largest absolute Gasteiger partial charge is 0.272 e. The summed E-state index contributed by atoms with van der Waals surface area (Å²) in [4.78, 5) is 0. The summed E-state index contributed by atoms with van der Waals surface area (Å²) in [6.45, 7) is 1.12. The molecule has 0 radical (unpaired) electrons. The minimum absolute atomic E-state index is 0.872. The molecular weight excluding hydrogens is 359 g/mol. The fourth-order valence-corrected chi connectivity index (χ4v) is 4.84. The van der Waals surface area contributed by atoms with Crippen LogP contribution in [0.3, 0.4) is 0 Å². The van der Waals surface area contributed by atoms with Crippen LogP contribution in [0.25, 0.3) is 11.1 Å². The average molecular weight is 378 g/mol. The van der Waals surface area contributed by atoms with Crippen LogP contribution in [0.4, 0.5) is 0 Å². The number of aromatic nitrogens is 2. The molecule has 0 saturated heterocycles. The predicted octanol–water partition coefficient (Wildman–Crippen LogP) is 4.59. The van der Waals surface area contributed by atoms with Gasteiger partial charge in [0.1, 0.15) is 0 Å². The molecule has 4 rings (SSSR count). The molecule has 2 bridgehead atoms. The van der Waals surface area contributed by atoms with Gasteiger partial charge in [-0.15, -0.1) is 0 Å². The molecule has 1 heterocycles. The van der Waals surface area contributed by atoms with Crippen molar-refractivity contribution in [3.8, 4) is 11.1 Å². The zero-order valence-electron chi connectivity index (χ0n) is 11.5. The molecule has 2 saturated carbocycles. The summed E-state index contributed by atoms with van der Waals surface area (Å²) in [5.41, 5.74) is 2.55. The lowest BCUT2D eigenvalue weighted by Gasteiger charge is -2.21. The fourth-order valence-electron chi connectivity index (χ4n) is 4.14. The van der Waals surface area contributed by atoms with Crippen molar-refractivity contribution < 1.29 is 0 Å². The average Bonchev–Trinajstić information content (AvgIpc) is 3.16. The van der Waals surface area contributed by atoms with Gasteiger partial charge in [-0.2, -0.15) is 5.10 Å². The Hall–Kier alpha value is -0.840. The van der Waals surface area contributed by atoms with Crippen LogP contribution in [0.1, 0.15) is 25.7 Å². The summed E-state index contributed by atoms with van der Waals surface area (Å²) in [7, 11) is 0. The van der Waals surface area contributed by atoms with Crippen LogP contribution in [-0.2, 0) is 6.54 Å². The number of hydrogen-bond donors (Lipinski definition) is 0. The lowest BCUT2D eigenvalue weighted by atomic mass is 9.89. The van der Waals surface area contributed by atoms with E-state index in [1.165, 1.54) is 40.4 Å². The van der Waals surface area contributed by atoms with Gasteiger partial charge >= 0.3 is 0 Å². The summed E-state index contributed by atoms with van der Waals surface area (Å²) in [5.74, 6) is 2.87. The van der Waals surface area contributed by atoms with E-state index < -0.39 is 0 Å². The van der Waals surface area contributed by atoms with Gasteiger partial charge in [-0.3, -0.25) is 4.68 Å². The molecule has 3 heteroatoms. The van der Waals surface area contributed by atoms with Crippen molar-refractivity contribution in [2.24, 2.45) is 17.8 Å². The molecule has 0 spiro atoms. The molecule has 1 aromatic carbocycles. The van der Waals surface area contributed by atoms with Crippen molar-refractivity contribution in [1.29, 1.82) is 0 Å². The first-order valence-corrected chi connectivity index (χ1v) is 8.65. The van der Waals surface area contributed by atoms with Crippen LogP contribution in [0.15, 0.2) is 36.7 Å². The van der Waals surface area contributed by atoms with E-state index in [1.54, 1.807) is 0 Å². The monoisotopic (exact) mass is 378 g/mol. The number of hydrogen-bond acceptors (Lipinski definition) is 1. The highest BCUT2D eigenvalue weighted by Gasteiger charge is 2.39. The topological polar surface area (TPSA) is 17.8 Å². The first kappa shape index (κ1) is 12.9. The van der Waals surface area contributed by atoms with Crippen LogP contribution >= 0.6 is 22.6 Å². The Labute approximate surface area is 133 Å². The Bertz CT molecular complexity index is 619. The zero-order valence-corrected chi connectivity index (χ0v) is 13.7. The van der Waals surface area contributed by atoms with Crippen molar-refractivity contribution >= 4 is 22.6 Å². The maximum atomic E-state index is 4.59. The van der Waals surface area contributed by atoms with E-state index in [-0.39, 0.29) is 0 Å². The quantitative estimate of drug-likeness (QED) is 0.715. The Morgan fingerprint density at radius 3 is 2.85 bits per heavy atom. The number of halogens is 1. The Morgan fingerprint density at radius 2 is 2.10 bits per heavy atom. The second-order valence-corrected chi connectivity index (χ2v) is 7.53. The first-order chi connectivity index (χ1) is 9.79. The number of fused-ring (bicyclic) bond motifs is 2. The van der Waals surface area contributed by atoms with Crippen molar-refractivity contribution in [3.05, 3.63) is 40.2 Å². The second-order valence-electron chi connectivity index (χ2n) is 6.37. The molecule has 20 heavy (non-hydrogen) atoms. The van der Waals surface area contributed by atoms with Gasteiger partial charge in [-0.25, -0.2) is 0 Å². The molecule has 1 aromatic heterocycles. The van der Waals surface area contributed by atoms with Crippen LogP contribution in [0, 0.1) is 21.3 Å². The van der Waals surface area contributed by atoms with E-state index in [0.717, 1.165) is 24.3 Å². The van der Waals surface area contributed by atoms with E-state index in [2.05, 4.69) is 62.8 Å². The van der Waals surface area contributed by atoms with Gasteiger partial charge < -0.3 is 0 Å². The molecule has 2 nitrogen and oxygen atoms in total. The second kappa shape index (κ2) is 5.17. The van der Waals surface area contributed by atoms with Crippen LogP contribution in [-0.4, -0.2) is 9.78 Å². The number of nitrogens with zero attached hydrogens (tertiary/aromatic N) is 2. The summed E-state index contributed by atoms with van der Waals surface area (Å²) in [5, 5.41) is 4.59. The van der Waals surface area contributed by atoms with Crippen LogP contribution in [0.2, 0.25) is 0 Å². The Balaban J connectivity index is 1.52. The van der Waals surface area contributed by atoms with Crippen molar-refractivity contribution in [2.45, 2.75) is 32.2 Å². The Morgan fingerprint density at radius 1 is 1.20 bits per heavy atom. The third kappa shape index (κ3) is 2.30. The summed E-state index contributed by atoms with van der Waals surface area (Å²) in [6, 6.07) is 8.53. The van der Waals surface area contributed by atoms with Gasteiger partial charge in [-0.1, -0.05) is 24.6 Å². The summed E-state index contributed by atoms with van der Waals surface area (Å²) >= 11 is 2.40. The maximum Gasteiger partial charge on any atom is 0.0568 e.